The highest BCUT2D eigenvalue weighted by Crippen LogP contribution is 2.35. The number of hydrogen-bond donors (Lipinski definition) is 0. The molecule has 11 heteroatoms. The maximum absolute atomic E-state index is 14.0. The van der Waals surface area contributed by atoms with Gasteiger partial charge in [-0.15, -0.1) is 0 Å². The Balaban J connectivity index is 1.39. The van der Waals surface area contributed by atoms with Gasteiger partial charge in [0.25, 0.3) is 5.56 Å². The van der Waals surface area contributed by atoms with E-state index in [0.717, 1.165) is 25.8 Å². The van der Waals surface area contributed by atoms with Crippen molar-refractivity contribution in [2.75, 3.05) is 6.61 Å². The van der Waals surface area contributed by atoms with E-state index >= 15 is 0 Å². The van der Waals surface area contributed by atoms with E-state index in [9.17, 15) is 24.0 Å². The van der Waals surface area contributed by atoms with Gasteiger partial charge in [-0.05, 0) is 62.7 Å². The molecule has 11 nitrogen and oxygen atoms in total. The Bertz CT molecular complexity index is 2140. The fraction of sp³-hybridized carbons (Fsp3) is 0.225. The monoisotopic (exact) mass is 688 g/mol. The third kappa shape index (κ3) is 8.05. The van der Waals surface area contributed by atoms with E-state index in [1.54, 1.807) is 97.1 Å². The van der Waals surface area contributed by atoms with E-state index in [0.29, 0.717) is 5.56 Å². The molecule has 5 aromatic rings. The van der Waals surface area contributed by atoms with Crippen LogP contribution in [0.25, 0.3) is 0 Å². The van der Waals surface area contributed by atoms with Crippen LogP contribution >= 0.6 is 0 Å². The largest absolute Gasteiger partial charge is 0.459 e. The topological polar surface area (TPSA) is 132 Å². The van der Waals surface area contributed by atoms with E-state index in [2.05, 4.69) is 0 Å². The molecule has 1 aromatic heterocycles. The molecule has 0 amide bonds. The highest BCUT2D eigenvalue weighted by Gasteiger charge is 2.52. The van der Waals surface area contributed by atoms with Crippen molar-refractivity contribution in [1.82, 2.24) is 9.13 Å². The lowest BCUT2D eigenvalue weighted by Gasteiger charge is -2.25. The van der Waals surface area contributed by atoms with Gasteiger partial charge in [-0.3, -0.25) is 13.9 Å². The van der Waals surface area contributed by atoms with Crippen LogP contribution in [0.15, 0.2) is 125 Å². The predicted octanol–water partition coefficient (Wildman–Crippen LogP) is 5.19. The summed E-state index contributed by atoms with van der Waals surface area (Å²) in [6, 6.07) is 30.3. The van der Waals surface area contributed by atoms with Gasteiger partial charge in [0.2, 0.25) is 0 Å². The first-order chi connectivity index (χ1) is 24.6. The quantitative estimate of drug-likeness (QED) is 0.144. The summed E-state index contributed by atoms with van der Waals surface area (Å²) in [5, 5.41) is 0. The van der Waals surface area contributed by atoms with Gasteiger partial charge in [-0.25, -0.2) is 19.2 Å². The van der Waals surface area contributed by atoms with E-state index < -0.39 is 60.3 Å². The summed E-state index contributed by atoms with van der Waals surface area (Å²) in [4.78, 5) is 67.2. The molecule has 1 aliphatic rings. The second-order valence-electron chi connectivity index (χ2n) is 12.4. The third-order valence-corrected chi connectivity index (χ3v) is 8.57. The zero-order valence-electron chi connectivity index (χ0n) is 28.3. The molecule has 0 bridgehead atoms. The Kier molecular flexibility index (Phi) is 10.4. The number of aromatic nitrogens is 2. The molecule has 0 aliphatic carbocycles. The van der Waals surface area contributed by atoms with Crippen molar-refractivity contribution in [3.63, 3.8) is 0 Å². The maximum atomic E-state index is 14.0. The lowest BCUT2D eigenvalue weighted by Crippen LogP contribution is -2.45. The highest BCUT2D eigenvalue weighted by atomic mass is 16.7. The molecule has 0 saturated carbocycles. The number of ether oxygens (including phenoxy) is 4. The normalized spacial score (nSPS) is 18.2. The van der Waals surface area contributed by atoms with Gasteiger partial charge >= 0.3 is 23.6 Å². The summed E-state index contributed by atoms with van der Waals surface area (Å²) in [6.45, 7) is 5.17. The first-order valence-electron chi connectivity index (χ1n) is 16.4. The van der Waals surface area contributed by atoms with Crippen LogP contribution in [0.3, 0.4) is 0 Å². The number of esters is 3. The maximum Gasteiger partial charge on any atom is 0.338 e. The van der Waals surface area contributed by atoms with Gasteiger partial charge in [0, 0.05) is 12.3 Å². The molecule has 1 saturated heterocycles. The zero-order valence-corrected chi connectivity index (χ0v) is 28.3. The lowest BCUT2D eigenvalue weighted by molar-refractivity contribution is -0.0644. The molecule has 0 radical (unpaired) electrons. The Morgan fingerprint density at radius 2 is 1.12 bits per heavy atom. The molecular weight excluding hydrogens is 652 g/mol. The SMILES string of the molecule is Cc1ccc(C(=O)OC[C@H]2O[C@@H](n3ccc(=O)n(Cc4ccccc4)c3=O)[C@H](OC(=O)c3ccc(C)cc3)[C@@H]2OC(=O)c2ccc(C)cc2)cc1. The molecule has 0 unspecified atom stereocenters. The lowest BCUT2D eigenvalue weighted by atomic mass is 10.1. The average Bonchev–Trinajstić information content (AvgIpc) is 3.45. The van der Waals surface area contributed by atoms with Crippen LogP contribution in [-0.2, 0) is 25.5 Å². The van der Waals surface area contributed by atoms with Crippen molar-refractivity contribution in [2.45, 2.75) is 51.9 Å². The minimum absolute atomic E-state index is 0.0384. The van der Waals surface area contributed by atoms with Gasteiger partial charge in [0.05, 0.1) is 23.2 Å². The summed E-state index contributed by atoms with van der Waals surface area (Å²) in [6.07, 6.45) is -4.13. The summed E-state index contributed by atoms with van der Waals surface area (Å²) in [5.41, 5.74) is 2.90. The van der Waals surface area contributed by atoms with Crippen molar-refractivity contribution in [1.29, 1.82) is 0 Å². The fourth-order valence-electron chi connectivity index (χ4n) is 5.66. The van der Waals surface area contributed by atoms with Crippen LogP contribution in [-0.4, -0.2) is 52.0 Å². The van der Waals surface area contributed by atoms with Gasteiger partial charge in [0.1, 0.15) is 12.7 Å². The first kappa shape index (κ1) is 34.8. The van der Waals surface area contributed by atoms with Crippen molar-refractivity contribution in [3.8, 4) is 0 Å². The van der Waals surface area contributed by atoms with E-state index in [1.165, 1.54) is 12.3 Å². The van der Waals surface area contributed by atoms with Crippen LogP contribution in [0.2, 0.25) is 0 Å². The van der Waals surface area contributed by atoms with Crippen molar-refractivity contribution < 1.29 is 33.3 Å². The van der Waals surface area contributed by atoms with E-state index in [4.69, 9.17) is 18.9 Å². The van der Waals surface area contributed by atoms with E-state index in [1.807, 2.05) is 26.8 Å². The number of rotatable bonds is 10. The number of hydrogen-bond acceptors (Lipinski definition) is 9. The van der Waals surface area contributed by atoms with Crippen molar-refractivity contribution in [3.05, 3.63) is 175 Å². The zero-order chi connectivity index (χ0) is 36.1. The summed E-state index contributed by atoms with van der Waals surface area (Å²) in [5.74, 6) is -2.18. The van der Waals surface area contributed by atoms with Crippen LogP contribution < -0.4 is 11.2 Å². The average molecular weight is 689 g/mol. The molecule has 51 heavy (non-hydrogen) atoms. The van der Waals surface area contributed by atoms with Gasteiger partial charge in [-0.2, -0.15) is 0 Å². The number of carbonyl (C=O) groups excluding carboxylic acids is 3. The van der Waals surface area contributed by atoms with Gasteiger partial charge < -0.3 is 18.9 Å². The standard InChI is InChI=1S/C40H36N2O9/c1-25-9-15-29(16-10-25)37(44)48-24-32-34(50-38(45)30-17-11-26(2)12-18-30)35(51-39(46)31-19-13-27(3)14-20-31)36(49-32)41-22-21-33(43)42(40(41)47)23-28-7-5-4-6-8-28/h4-22,32,34-36H,23-24H2,1-3H3/t32-,34-,35-,36-/m1/s1. The van der Waals surface area contributed by atoms with Crippen LogP contribution in [0.4, 0.5) is 0 Å². The smallest absolute Gasteiger partial charge is 0.338 e. The second-order valence-corrected chi connectivity index (χ2v) is 12.4. The Morgan fingerprint density at radius 1 is 0.627 bits per heavy atom. The molecule has 1 aliphatic heterocycles. The van der Waals surface area contributed by atoms with Crippen LogP contribution in [0.5, 0.6) is 0 Å². The highest BCUT2D eigenvalue weighted by molar-refractivity contribution is 5.91. The molecule has 0 spiro atoms. The van der Waals surface area contributed by atoms with Gasteiger partial charge in [-0.1, -0.05) is 83.4 Å². The van der Waals surface area contributed by atoms with Crippen molar-refractivity contribution in [2.24, 2.45) is 0 Å². The van der Waals surface area contributed by atoms with Crippen molar-refractivity contribution >= 4 is 17.9 Å². The second kappa shape index (κ2) is 15.2. The Labute approximate surface area is 293 Å². The minimum atomic E-state index is -1.42. The summed E-state index contributed by atoms with van der Waals surface area (Å²) >= 11 is 0. The predicted molar refractivity (Wildman–Crippen MR) is 187 cm³/mol. The first-order valence-corrected chi connectivity index (χ1v) is 16.4. The molecular formula is C40H36N2O9. The molecule has 4 atom stereocenters. The molecule has 6 rings (SSSR count). The molecule has 260 valence electrons. The minimum Gasteiger partial charge on any atom is -0.459 e. The summed E-state index contributed by atoms with van der Waals surface area (Å²) in [7, 11) is 0. The molecule has 1 fully saturated rings. The summed E-state index contributed by atoms with van der Waals surface area (Å²) < 4.78 is 26.1. The molecule has 0 N–H and O–H groups in total. The van der Waals surface area contributed by atoms with E-state index in [-0.39, 0.29) is 23.2 Å². The number of benzene rings is 4. The number of aryl methyl sites for hydroxylation is 3. The number of carbonyl (C=O) groups is 3. The third-order valence-electron chi connectivity index (χ3n) is 8.57. The fourth-order valence-corrected chi connectivity index (χ4v) is 5.66. The molecule has 2 heterocycles. The van der Waals surface area contributed by atoms with Gasteiger partial charge in [0.15, 0.2) is 18.4 Å². The Hall–Kier alpha value is -6.07. The molecule has 4 aromatic carbocycles. The van der Waals surface area contributed by atoms with Crippen LogP contribution in [0, 0.1) is 20.8 Å². The Morgan fingerprint density at radius 3 is 1.65 bits per heavy atom. The number of nitrogens with zero attached hydrogens (tertiary/aromatic N) is 2. The van der Waals surface area contributed by atoms with Crippen LogP contribution in [0.1, 0.15) is 59.6 Å².